The van der Waals surface area contributed by atoms with Gasteiger partial charge in [-0.2, -0.15) is 0 Å². The van der Waals surface area contributed by atoms with Crippen molar-refractivity contribution in [1.29, 1.82) is 0 Å². The maximum Gasteiger partial charge on any atom is 0.178 e. The normalized spacial score (nSPS) is 12.3. The van der Waals surface area contributed by atoms with E-state index >= 15 is 0 Å². The lowest BCUT2D eigenvalue weighted by atomic mass is 10.0. The lowest BCUT2D eigenvalue weighted by Gasteiger charge is -2.25. The Morgan fingerprint density at radius 2 is 2.12 bits per heavy atom. The van der Waals surface area contributed by atoms with E-state index in [1.54, 1.807) is 6.07 Å². The minimum atomic E-state index is -0.271. The van der Waals surface area contributed by atoms with Gasteiger partial charge in [0, 0.05) is 11.6 Å². The summed E-state index contributed by atoms with van der Waals surface area (Å²) in [6.45, 7) is 6.28. The van der Waals surface area contributed by atoms with Gasteiger partial charge in [-0.1, -0.05) is 6.92 Å². The van der Waals surface area contributed by atoms with Crippen LogP contribution in [0.15, 0.2) is 16.6 Å². The Morgan fingerprint density at radius 3 is 2.71 bits per heavy atom. The van der Waals surface area contributed by atoms with Crippen molar-refractivity contribution < 1.29 is 4.39 Å². The molecule has 2 rings (SSSR count). The number of nitrogens with one attached hydrogen (secondary N) is 1. The zero-order valence-electron chi connectivity index (χ0n) is 9.97. The molecule has 5 heteroatoms. The lowest BCUT2D eigenvalue weighted by molar-refractivity contribution is 0.348. The molecule has 1 aromatic carbocycles. The third kappa shape index (κ3) is 2.06. The Bertz CT molecular complexity index is 627. The van der Waals surface area contributed by atoms with Crippen LogP contribution in [-0.4, -0.2) is 9.55 Å². The van der Waals surface area contributed by atoms with Gasteiger partial charge in [-0.15, -0.1) is 0 Å². The summed E-state index contributed by atoms with van der Waals surface area (Å²) >= 11 is 8.50. The van der Waals surface area contributed by atoms with Gasteiger partial charge in [0.2, 0.25) is 0 Å². The molecule has 0 aliphatic carbocycles. The predicted molar refractivity (Wildman–Crippen MR) is 74.4 cm³/mol. The first-order valence-corrected chi connectivity index (χ1v) is 6.67. The van der Waals surface area contributed by atoms with Crippen molar-refractivity contribution in [3.05, 3.63) is 27.2 Å². The van der Waals surface area contributed by atoms with Crippen molar-refractivity contribution in [1.82, 2.24) is 9.55 Å². The van der Waals surface area contributed by atoms with Crippen LogP contribution in [0.5, 0.6) is 0 Å². The molecule has 0 aliphatic rings. The first kappa shape index (κ1) is 12.8. The summed E-state index contributed by atoms with van der Waals surface area (Å²) < 4.78 is 16.7. The van der Waals surface area contributed by atoms with Crippen LogP contribution in [0.4, 0.5) is 4.39 Å². The van der Waals surface area contributed by atoms with Crippen molar-refractivity contribution in [2.45, 2.75) is 32.7 Å². The summed E-state index contributed by atoms with van der Waals surface area (Å²) in [5, 5.41) is 0. The minimum Gasteiger partial charge on any atom is -0.331 e. The number of hydrogen-bond acceptors (Lipinski definition) is 1. The number of fused-ring (bicyclic) bond motifs is 1. The molecular formula is C12H14BrFN2S. The van der Waals surface area contributed by atoms with Crippen LogP contribution in [-0.2, 0) is 5.54 Å². The van der Waals surface area contributed by atoms with E-state index in [-0.39, 0.29) is 11.4 Å². The van der Waals surface area contributed by atoms with Crippen LogP contribution in [0.25, 0.3) is 11.0 Å². The highest BCUT2D eigenvalue weighted by Crippen LogP contribution is 2.29. The number of H-pyrrole nitrogens is 1. The molecule has 0 saturated heterocycles. The second-order valence-corrected chi connectivity index (χ2v) is 5.96. The van der Waals surface area contributed by atoms with Gasteiger partial charge in [0.25, 0.3) is 0 Å². The molecule has 1 N–H and O–H groups in total. The standard InChI is InChI=1S/C12H14BrFN2S/c1-4-12(2,3)16-10-6-8(14)7(13)5-9(10)15-11(16)17/h5-6H,4H2,1-3H3,(H,15,17). The number of imidazole rings is 1. The molecule has 0 saturated carbocycles. The molecule has 0 spiro atoms. The fourth-order valence-corrected chi connectivity index (χ4v) is 2.66. The highest BCUT2D eigenvalue weighted by Gasteiger charge is 2.22. The second kappa shape index (κ2) is 4.21. The molecular weight excluding hydrogens is 303 g/mol. The molecule has 0 atom stereocenters. The van der Waals surface area contributed by atoms with E-state index in [9.17, 15) is 4.39 Å². The maximum absolute atomic E-state index is 13.6. The van der Waals surface area contributed by atoms with Crippen LogP contribution in [0.2, 0.25) is 0 Å². The van der Waals surface area contributed by atoms with Gasteiger partial charge in [0.15, 0.2) is 4.77 Å². The summed E-state index contributed by atoms with van der Waals surface area (Å²) in [6.07, 6.45) is 0.923. The van der Waals surface area contributed by atoms with Gasteiger partial charge in [-0.3, -0.25) is 0 Å². The van der Waals surface area contributed by atoms with Crippen molar-refractivity contribution in [2.24, 2.45) is 0 Å². The van der Waals surface area contributed by atoms with Crippen LogP contribution in [0.1, 0.15) is 27.2 Å². The van der Waals surface area contributed by atoms with Crippen LogP contribution in [0.3, 0.4) is 0 Å². The van der Waals surface area contributed by atoms with E-state index in [2.05, 4.69) is 41.7 Å². The number of aromatic nitrogens is 2. The van der Waals surface area contributed by atoms with E-state index in [0.717, 1.165) is 17.5 Å². The number of benzene rings is 1. The van der Waals surface area contributed by atoms with Crippen LogP contribution >= 0.6 is 28.1 Å². The zero-order chi connectivity index (χ0) is 12.8. The SMILES string of the molecule is CCC(C)(C)n1c(=S)[nH]c2cc(Br)c(F)cc21. The highest BCUT2D eigenvalue weighted by atomic mass is 79.9. The van der Waals surface area contributed by atoms with E-state index < -0.39 is 0 Å². The van der Waals surface area contributed by atoms with Crippen molar-refractivity contribution in [3.63, 3.8) is 0 Å². The largest absolute Gasteiger partial charge is 0.331 e. The Morgan fingerprint density at radius 1 is 1.47 bits per heavy atom. The van der Waals surface area contributed by atoms with Crippen molar-refractivity contribution in [2.75, 3.05) is 0 Å². The van der Waals surface area contributed by atoms with Crippen molar-refractivity contribution >= 4 is 39.2 Å². The number of halogens is 2. The quantitative estimate of drug-likeness (QED) is 0.793. The number of hydrogen-bond donors (Lipinski definition) is 1. The molecule has 0 fully saturated rings. The Kier molecular flexibility index (Phi) is 3.16. The van der Waals surface area contributed by atoms with Crippen molar-refractivity contribution in [3.8, 4) is 0 Å². The number of nitrogens with zero attached hydrogens (tertiary/aromatic N) is 1. The average molecular weight is 317 g/mol. The molecule has 92 valence electrons. The van der Waals surface area contributed by atoms with E-state index in [0.29, 0.717) is 9.24 Å². The molecule has 0 aliphatic heterocycles. The fraction of sp³-hybridized carbons (Fsp3) is 0.417. The molecule has 2 aromatic rings. The van der Waals surface area contributed by atoms with Crippen LogP contribution in [0, 0.1) is 10.6 Å². The van der Waals surface area contributed by atoms with Gasteiger partial charge >= 0.3 is 0 Å². The van der Waals surface area contributed by atoms with Gasteiger partial charge in [0.1, 0.15) is 5.82 Å². The van der Waals surface area contributed by atoms with Gasteiger partial charge < -0.3 is 9.55 Å². The molecule has 0 bridgehead atoms. The van der Waals surface area contributed by atoms with E-state index in [1.165, 1.54) is 6.07 Å². The number of aromatic amines is 1. The fourth-order valence-electron chi connectivity index (χ4n) is 1.86. The molecule has 2 nitrogen and oxygen atoms in total. The topological polar surface area (TPSA) is 20.7 Å². The van der Waals surface area contributed by atoms with Crippen LogP contribution < -0.4 is 0 Å². The molecule has 0 radical (unpaired) electrons. The molecule has 0 amide bonds. The molecule has 1 aromatic heterocycles. The summed E-state index contributed by atoms with van der Waals surface area (Å²) in [5.74, 6) is -0.271. The number of rotatable bonds is 2. The Balaban J connectivity index is 2.85. The minimum absolute atomic E-state index is 0.129. The summed E-state index contributed by atoms with van der Waals surface area (Å²) in [5.41, 5.74) is 1.53. The molecule has 0 unspecified atom stereocenters. The zero-order valence-corrected chi connectivity index (χ0v) is 12.4. The summed E-state index contributed by atoms with van der Waals surface area (Å²) in [7, 11) is 0. The maximum atomic E-state index is 13.6. The lowest BCUT2D eigenvalue weighted by Crippen LogP contribution is -2.25. The average Bonchev–Trinajstić information content (AvgIpc) is 2.55. The molecule has 17 heavy (non-hydrogen) atoms. The third-order valence-corrected chi connectivity index (χ3v) is 4.09. The van der Waals surface area contributed by atoms with Gasteiger partial charge in [-0.25, -0.2) is 4.39 Å². The Hall–Kier alpha value is -0.680. The summed E-state index contributed by atoms with van der Waals surface area (Å²) in [4.78, 5) is 3.12. The summed E-state index contributed by atoms with van der Waals surface area (Å²) in [6, 6.07) is 3.24. The highest BCUT2D eigenvalue weighted by molar-refractivity contribution is 9.10. The monoisotopic (exact) mass is 316 g/mol. The first-order chi connectivity index (χ1) is 7.86. The first-order valence-electron chi connectivity index (χ1n) is 5.47. The van der Waals surface area contributed by atoms with E-state index in [1.807, 2.05) is 4.57 Å². The van der Waals surface area contributed by atoms with E-state index in [4.69, 9.17) is 12.2 Å². The second-order valence-electron chi connectivity index (χ2n) is 4.72. The smallest absolute Gasteiger partial charge is 0.178 e. The molecule has 1 heterocycles. The Labute approximate surface area is 113 Å². The van der Waals surface area contributed by atoms with Gasteiger partial charge in [-0.05, 0) is 54.5 Å². The predicted octanol–water partition coefficient (Wildman–Crippen LogP) is 4.75. The van der Waals surface area contributed by atoms with Gasteiger partial charge in [0.05, 0.1) is 15.5 Å². The third-order valence-electron chi connectivity index (χ3n) is 3.19.